The molecule has 0 bridgehead atoms. The van der Waals surface area contributed by atoms with Gasteiger partial charge in [-0.05, 0) is 17.8 Å². The minimum absolute atomic E-state index is 0.659. The van der Waals surface area contributed by atoms with Crippen molar-refractivity contribution >= 4 is 45.6 Å². The van der Waals surface area contributed by atoms with Crippen LogP contribution in [0.1, 0.15) is 0 Å². The molecular weight excluding hydrogens is 219 g/mol. The van der Waals surface area contributed by atoms with Gasteiger partial charge in [0.25, 0.3) is 6.69 Å². The van der Waals surface area contributed by atoms with Crippen LogP contribution in [0.5, 0.6) is 0 Å². The summed E-state index contributed by atoms with van der Waals surface area (Å²) in [4.78, 5) is 0. The van der Waals surface area contributed by atoms with Crippen LogP contribution in [0.4, 0.5) is 0 Å². The Morgan fingerprint density at radius 3 is 2.09 bits per heavy atom. The first-order valence-corrected chi connectivity index (χ1v) is 8.05. The fourth-order valence-corrected chi connectivity index (χ4v) is 3.69. The van der Waals surface area contributed by atoms with Gasteiger partial charge in [-0.25, -0.2) is 0 Å². The third-order valence-corrected chi connectivity index (χ3v) is 4.44. The minimum atomic E-state index is -2.27. The summed E-state index contributed by atoms with van der Waals surface area (Å²) in [7, 11) is 0. The van der Waals surface area contributed by atoms with Crippen molar-refractivity contribution < 1.29 is 0 Å². The molecular formula is C7H7Cl3Si. The monoisotopic (exact) mass is 224 g/mol. The molecule has 0 aliphatic rings. The fourth-order valence-electron chi connectivity index (χ4n) is 0.817. The van der Waals surface area contributed by atoms with E-state index >= 15 is 0 Å². The van der Waals surface area contributed by atoms with Crippen LogP contribution in [-0.4, -0.2) is 6.69 Å². The second kappa shape index (κ2) is 3.36. The summed E-state index contributed by atoms with van der Waals surface area (Å²) in [6.07, 6.45) is 0. The van der Waals surface area contributed by atoms with E-state index in [2.05, 4.69) is 0 Å². The van der Waals surface area contributed by atoms with Gasteiger partial charge in [0, 0.05) is 5.02 Å². The van der Waals surface area contributed by atoms with Crippen LogP contribution in [-0.2, 0) is 0 Å². The number of hydrogen-bond donors (Lipinski definition) is 0. The molecule has 60 valence electrons. The molecule has 0 aromatic heterocycles. The Morgan fingerprint density at radius 2 is 1.73 bits per heavy atom. The van der Waals surface area contributed by atoms with Gasteiger partial charge in [0.2, 0.25) is 0 Å². The molecule has 4 heteroatoms. The highest BCUT2D eigenvalue weighted by molar-refractivity contribution is 7.50. The summed E-state index contributed by atoms with van der Waals surface area (Å²) in [5.41, 5.74) is 0. The average molecular weight is 226 g/mol. The second-order valence-corrected chi connectivity index (χ2v) is 10.2. The largest absolute Gasteiger partial charge is 0.279 e. The van der Waals surface area contributed by atoms with Gasteiger partial charge in [0.15, 0.2) is 0 Å². The molecule has 0 saturated carbocycles. The average Bonchev–Trinajstić information content (AvgIpc) is 1.86. The zero-order valence-corrected chi connectivity index (χ0v) is 9.21. The Labute approximate surface area is 81.5 Å². The quantitative estimate of drug-likeness (QED) is 0.509. The molecule has 1 rings (SSSR count). The van der Waals surface area contributed by atoms with E-state index < -0.39 is 6.69 Å². The number of rotatable bonds is 1. The van der Waals surface area contributed by atoms with Gasteiger partial charge in [-0.15, -0.1) is 22.2 Å². The molecule has 0 aliphatic carbocycles. The van der Waals surface area contributed by atoms with Crippen molar-refractivity contribution in [2.75, 3.05) is 0 Å². The fraction of sp³-hybridized carbons (Fsp3) is 0.143. The lowest BCUT2D eigenvalue weighted by atomic mass is 10.4. The van der Waals surface area contributed by atoms with Gasteiger partial charge >= 0.3 is 0 Å². The highest BCUT2D eigenvalue weighted by Crippen LogP contribution is 2.18. The standard InChI is InChI=1S/C7H7Cl3Si/c1-11(9,10)7-5-3-2-4-6(7)8/h2-5H,1H3. The van der Waals surface area contributed by atoms with Crippen molar-refractivity contribution in [2.45, 2.75) is 6.55 Å². The number of benzene rings is 1. The van der Waals surface area contributed by atoms with E-state index in [-0.39, 0.29) is 0 Å². The Kier molecular flexibility index (Phi) is 2.87. The Hall–Kier alpha value is 0.307. The minimum Gasteiger partial charge on any atom is -0.140 e. The molecule has 0 unspecified atom stereocenters. The summed E-state index contributed by atoms with van der Waals surface area (Å²) in [5.74, 6) is 0. The van der Waals surface area contributed by atoms with E-state index in [9.17, 15) is 0 Å². The molecule has 1 aromatic rings. The van der Waals surface area contributed by atoms with Crippen LogP contribution in [0, 0.1) is 0 Å². The molecule has 0 spiro atoms. The first kappa shape index (κ1) is 9.40. The molecule has 0 amide bonds. The Balaban J connectivity index is 3.14. The van der Waals surface area contributed by atoms with E-state index in [4.69, 9.17) is 33.8 Å². The summed E-state index contributed by atoms with van der Waals surface area (Å²) in [6, 6.07) is 7.42. The first-order valence-electron chi connectivity index (χ1n) is 3.14. The van der Waals surface area contributed by atoms with Crippen LogP contribution in [0.2, 0.25) is 11.6 Å². The summed E-state index contributed by atoms with van der Waals surface area (Å²) in [6.45, 7) is -0.435. The van der Waals surface area contributed by atoms with Crippen LogP contribution in [0.3, 0.4) is 0 Å². The molecule has 0 heterocycles. The molecule has 11 heavy (non-hydrogen) atoms. The lowest BCUT2D eigenvalue weighted by Gasteiger charge is -2.11. The topological polar surface area (TPSA) is 0 Å². The zero-order valence-electron chi connectivity index (χ0n) is 5.94. The lowest BCUT2D eigenvalue weighted by Crippen LogP contribution is -2.33. The summed E-state index contributed by atoms with van der Waals surface area (Å²) in [5, 5.41) is 1.54. The molecule has 0 N–H and O–H groups in total. The normalized spacial score (nSPS) is 11.6. The van der Waals surface area contributed by atoms with Crippen molar-refractivity contribution in [2.24, 2.45) is 0 Å². The molecule has 0 nitrogen and oxygen atoms in total. The van der Waals surface area contributed by atoms with Gasteiger partial charge in [0.05, 0.1) is 0 Å². The van der Waals surface area contributed by atoms with Gasteiger partial charge in [-0.1, -0.05) is 29.8 Å². The van der Waals surface area contributed by atoms with Crippen LogP contribution >= 0.6 is 33.8 Å². The number of halogens is 3. The maximum Gasteiger partial charge on any atom is 0.279 e. The van der Waals surface area contributed by atoms with Crippen LogP contribution in [0.15, 0.2) is 24.3 Å². The molecule has 0 fully saturated rings. The zero-order chi connectivity index (χ0) is 8.48. The molecule has 0 aliphatic heterocycles. The Bertz CT molecular complexity index is 254. The van der Waals surface area contributed by atoms with E-state index in [1.807, 2.05) is 24.7 Å². The maximum absolute atomic E-state index is 5.98. The van der Waals surface area contributed by atoms with E-state index in [1.165, 1.54) is 0 Å². The van der Waals surface area contributed by atoms with E-state index in [0.29, 0.717) is 5.02 Å². The second-order valence-electron chi connectivity index (χ2n) is 2.37. The third kappa shape index (κ3) is 2.37. The van der Waals surface area contributed by atoms with Crippen LogP contribution in [0.25, 0.3) is 0 Å². The smallest absolute Gasteiger partial charge is 0.140 e. The highest BCUT2D eigenvalue weighted by atomic mass is 35.7. The van der Waals surface area contributed by atoms with Gasteiger partial charge in [-0.2, -0.15) is 0 Å². The van der Waals surface area contributed by atoms with E-state index in [0.717, 1.165) is 5.19 Å². The highest BCUT2D eigenvalue weighted by Gasteiger charge is 2.25. The molecule has 1 aromatic carbocycles. The van der Waals surface area contributed by atoms with Crippen molar-refractivity contribution in [3.05, 3.63) is 29.3 Å². The van der Waals surface area contributed by atoms with Crippen LogP contribution < -0.4 is 5.19 Å². The summed E-state index contributed by atoms with van der Waals surface area (Å²) < 4.78 is 0. The third-order valence-electron chi connectivity index (χ3n) is 1.35. The lowest BCUT2D eigenvalue weighted by molar-refractivity contribution is 1.75. The van der Waals surface area contributed by atoms with Crippen molar-refractivity contribution in [3.8, 4) is 0 Å². The van der Waals surface area contributed by atoms with Gasteiger partial charge < -0.3 is 0 Å². The maximum atomic E-state index is 5.98. The SMILES string of the molecule is C[Si](Cl)(Cl)c1ccccc1Cl. The van der Waals surface area contributed by atoms with Crippen molar-refractivity contribution in [1.29, 1.82) is 0 Å². The predicted molar refractivity (Wildman–Crippen MR) is 54.4 cm³/mol. The predicted octanol–water partition coefficient (Wildman–Crippen LogP) is 3.10. The molecule has 0 radical (unpaired) electrons. The molecule has 0 atom stereocenters. The first-order chi connectivity index (χ1) is 5.02. The van der Waals surface area contributed by atoms with Crippen molar-refractivity contribution in [3.63, 3.8) is 0 Å². The molecule has 0 saturated heterocycles. The van der Waals surface area contributed by atoms with Crippen molar-refractivity contribution in [1.82, 2.24) is 0 Å². The van der Waals surface area contributed by atoms with E-state index in [1.54, 1.807) is 6.07 Å². The van der Waals surface area contributed by atoms with Gasteiger partial charge in [-0.3, -0.25) is 0 Å². The number of hydrogen-bond acceptors (Lipinski definition) is 0. The Morgan fingerprint density at radius 1 is 1.18 bits per heavy atom. The summed E-state index contributed by atoms with van der Waals surface area (Å²) >= 11 is 17.8. The van der Waals surface area contributed by atoms with Gasteiger partial charge in [0.1, 0.15) is 0 Å².